The van der Waals surface area contributed by atoms with Gasteiger partial charge in [0.2, 0.25) is 5.91 Å². The summed E-state index contributed by atoms with van der Waals surface area (Å²) >= 11 is 0. The number of carbonyl (C=O) groups excluding carboxylic acids is 1. The molecule has 16 heavy (non-hydrogen) atoms. The van der Waals surface area contributed by atoms with Crippen LogP contribution in [0.3, 0.4) is 0 Å². The third kappa shape index (κ3) is 2.19. The molecular weight excluding hydrogens is 208 g/mol. The minimum Gasteiger partial charge on any atom is -0.481 e. The topological polar surface area (TPSA) is 60.9 Å². The summed E-state index contributed by atoms with van der Waals surface area (Å²) in [6.45, 7) is 2.26. The standard InChI is InChI=1S/C11H18N2O3/c1-12-5-4-9(7-12)13-6-8(11(15)16)2-3-10(13)14/h8-9H,2-7H2,1H3,(H,15,16). The Morgan fingerprint density at radius 3 is 2.69 bits per heavy atom. The first kappa shape index (κ1) is 11.4. The fraction of sp³-hybridized carbons (Fsp3) is 0.818. The van der Waals surface area contributed by atoms with Gasteiger partial charge in [-0.3, -0.25) is 9.59 Å². The van der Waals surface area contributed by atoms with Crippen LogP contribution in [0.2, 0.25) is 0 Å². The van der Waals surface area contributed by atoms with Crippen molar-refractivity contribution in [3.63, 3.8) is 0 Å². The Balaban J connectivity index is 2.01. The van der Waals surface area contributed by atoms with E-state index in [1.165, 1.54) is 0 Å². The zero-order valence-corrected chi connectivity index (χ0v) is 9.56. The quantitative estimate of drug-likeness (QED) is 0.720. The minimum absolute atomic E-state index is 0.123. The van der Waals surface area contributed by atoms with Crippen LogP contribution in [-0.4, -0.2) is 59.5 Å². The molecule has 0 aromatic rings. The van der Waals surface area contributed by atoms with Gasteiger partial charge in [0.1, 0.15) is 0 Å². The third-order valence-electron chi connectivity index (χ3n) is 3.60. The lowest BCUT2D eigenvalue weighted by Crippen LogP contribution is -2.48. The number of rotatable bonds is 2. The lowest BCUT2D eigenvalue weighted by molar-refractivity contribution is -0.148. The van der Waals surface area contributed by atoms with Crippen molar-refractivity contribution < 1.29 is 14.7 Å². The average molecular weight is 226 g/mol. The van der Waals surface area contributed by atoms with E-state index in [1.807, 2.05) is 7.05 Å². The van der Waals surface area contributed by atoms with Gasteiger partial charge in [0.25, 0.3) is 0 Å². The maximum Gasteiger partial charge on any atom is 0.308 e. The van der Waals surface area contributed by atoms with Gasteiger partial charge in [-0.05, 0) is 26.4 Å². The van der Waals surface area contributed by atoms with E-state index in [0.717, 1.165) is 19.5 Å². The third-order valence-corrected chi connectivity index (χ3v) is 3.60. The number of amides is 1. The number of likely N-dealkylation sites (tertiary alicyclic amines) is 2. The molecule has 2 saturated heterocycles. The number of likely N-dealkylation sites (N-methyl/N-ethyl adjacent to an activating group) is 1. The molecular formula is C11H18N2O3. The summed E-state index contributed by atoms with van der Waals surface area (Å²) in [7, 11) is 2.03. The van der Waals surface area contributed by atoms with Gasteiger partial charge in [0.15, 0.2) is 0 Å². The SMILES string of the molecule is CN1CCC(N2CC(C(=O)O)CCC2=O)C1. The number of hydrogen-bond donors (Lipinski definition) is 1. The van der Waals surface area contributed by atoms with E-state index in [1.54, 1.807) is 4.90 Å². The fourth-order valence-corrected chi connectivity index (χ4v) is 2.59. The largest absolute Gasteiger partial charge is 0.481 e. The van der Waals surface area contributed by atoms with Crippen LogP contribution in [0.15, 0.2) is 0 Å². The summed E-state index contributed by atoms with van der Waals surface area (Å²) in [5.74, 6) is -1.02. The van der Waals surface area contributed by atoms with Crippen LogP contribution < -0.4 is 0 Å². The van der Waals surface area contributed by atoms with E-state index in [2.05, 4.69) is 4.90 Å². The van der Waals surface area contributed by atoms with Crippen molar-refractivity contribution in [3.05, 3.63) is 0 Å². The molecule has 2 aliphatic rings. The molecule has 2 atom stereocenters. The molecule has 2 aliphatic heterocycles. The molecule has 0 spiro atoms. The van der Waals surface area contributed by atoms with E-state index >= 15 is 0 Å². The highest BCUT2D eigenvalue weighted by atomic mass is 16.4. The van der Waals surface area contributed by atoms with Crippen molar-refractivity contribution in [3.8, 4) is 0 Å². The molecule has 2 unspecified atom stereocenters. The van der Waals surface area contributed by atoms with Crippen molar-refractivity contribution in [2.45, 2.75) is 25.3 Å². The Labute approximate surface area is 95.0 Å². The number of nitrogens with zero attached hydrogens (tertiary/aromatic N) is 2. The maximum absolute atomic E-state index is 11.8. The Morgan fingerprint density at radius 1 is 1.38 bits per heavy atom. The van der Waals surface area contributed by atoms with Crippen molar-refractivity contribution in [2.24, 2.45) is 5.92 Å². The van der Waals surface area contributed by atoms with Crippen LogP contribution in [0.4, 0.5) is 0 Å². The molecule has 0 aliphatic carbocycles. The first-order valence-electron chi connectivity index (χ1n) is 5.78. The van der Waals surface area contributed by atoms with Crippen LogP contribution in [0.25, 0.3) is 0 Å². The van der Waals surface area contributed by atoms with Gasteiger partial charge in [0.05, 0.1) is 5.92 Å². The van der Waals surface area contributed by atoms with Crippen LogP contribution >= 0.6 is 0 Å². The van der Waals surface area contributed by atoms with Crippen LogP contribution in [-0.2, 0) is 9.59 Å². The van der Waals surface area contributed by atoms with Crippen LogP contribution in [0, 0.1) is 5.92 Å². The van der Waals surface area contributed by atoms with Gasteiger partial charge in [-0.15, -0.1) is 0 Å². The monoisotopic (exact) mass is 226 g/mol. The summed E-state index contributed by atoms with van der Waals surface area (Å²) in [5, 5.41) is 8.99. The molecule has 0 aromatic heterocycles. The van der Waals surface area contributed by atoms with Crippen LogP contribution in [0.5, 0.6) is 0 Å². The number of aliphatic carboxylic acids is 1. The Kier molecular flexibility index (Phi) is 3.14. The summed E-state index contributed by atoms with van der Waals surface area (Å²) in [6, 6.07) is 0.222. The molecule has 1 N–H and O–H groups in total. The molecule has 0 aromatic carbocycles. The van der Waals surface area contributed by atoms with Crippen molar-refractivity contribution >= 4 is 11.9 Å². The molecule has 5 nitrogen and oxygen atoms in total. The molecule has 5 heteroatoms. The van der Waals surface area contributed by atoms with Gasteiger partial charge in [-0.25, -0.2) is 0 Å². The second-order valence-electron chi connectivity index (χ2n) is 4.82. The zero-order chi connectivity index (χ0) is 11.7. The van der Waals surface area contributed by atoms with Gasteiger partial charge in [0, 0.05) is 25.6 Å². The zero-order valence-electron chi connectivity index (χ0n) is 9.56. The summed E-state index contributed by atoms with van der Waals surface area (Å²) in [5.41, 5.74) is 0. The number of carbonyl (C=O) groups is 2. The highest BCUT2D eigenvalue weighted by Crippen LogP contribution is 2.23. The predicted octanol–water partition coefficient (Wildman–Crippen LogP) is 0.0137. The Morgan fingerprint density at radius 2 is 2.12 bits per heavy atom. The number of piperidine rings is 1. The van der Waals surface area contributed by atoms with Gasteiger partial charge in [-0.1, -0.05) is 0 Å². The number of hydrogen-bond acceptors (Lipinski definition) is 3. The fourth-order valence-electron chi connectivity index (χ4n) is 2.59. The highest BCUT2D eigenvalue weighted by Gasteiger charge is 2.36. The summed E-state index contributed by atoms with van der Waals surface area (Å²) in [6.07, 6.45) is 1.85. The van der Waals surface area contributed by atoms with Gasteiger partial charge >= 0.3 is 5.97 Å². The predicted molar refractivity (Wildman–Crippen MR) is 58.0 cm³/mol. The van der Waals surface area contributed by atoms with Crippen molar-refractivity contribution in [1.82, 2.24) is 9.80 Å². The van der Waals surface area contributed by atoms with E-state index < -0.39 is 5.97 Å². The number of carboxylic acid groups (broad SMARTS) is 1. The number of carboxylic acids is 1. The molecule has 2 rings (SSSR count). The highest BCUT2D eigenvalue weighted by molar-refractivity contribution is 5.80. The minimum atomic E-state index is -0.774. The van der Waals surface area contributed by atoms with E-state index in [9.17, 15) is 9.59 Å². The lowest BCUT2D eigenvalue weighted by atomic mass is 9.96. The first-order chi connectivity index (χ1) is 7.58. The molecule has 2 fully saturated rings. The van der Waals surface area contributed by atoms with Crippen molar-refractivity contribution in [2.75, 3.05) is 26.7 Å². The smallest absolute Gasteiger partial charge is 0.308 e. The summed E-state index contributed by atoms with van der Waals surface area (Å²) < 4.78 is 0. The Hall–Kier alpha value is -1.10. The molecule has 0 bridgehead atoms. The van der Waals surface area contributed by atoms with E-state index in [4.69, 9.17) is 5.11 Å². The second kappa shape index (κ2) is 4.41. The molecule has 1 amide bonds. The molecule has 0 radical (unpaired) electrons. The first-order valence-corrected chi connectivity index (χ1v) is 5.78. The van der Waals surface area contributed by atoms with Crippen molar-refractivity contribution in [1.29, 1.82) is 0 Å². The van der Waals surface area contributed by atoms with Crippen LogP contribution in [0.1, 0.15) is 19.3 Å². The average Bonchev–Trinajstić information content (AvgIpc) is 2.65. The second-order valence-corrected chi connectivity index (χ2v) is 4.82. The normalized spacial score (nSPS) is 32.1. The van der Waals surface area contributed by atoms with E-state index in [0.29, 0.717) is 19.4 Å². The molecule has 2 heterocycles. The molecule has 90 valence electrons. The maximum atomic E-state index is 11.8. The van der Waals surface area contributed by atoms with E-state index in [-0.39, 0.29) is 17.9 Å². The van der Waals surface area contributed by atoms with Gasteiger partial charge < -0.3 is 14.9 Å². The Bertz CT molecular complexity index is 306. The molecule has 0 saturated carbocycles. The lowest BCUT2D eigenvalue weighted by Gasteiger charge is -2.35. The summed E-state index contributed by atoms with van der Waals surface area (Å²) in [4.78, 5) is 26.7. The van der Waals surface area contributed by atoms with Gasteiger partial charge in [-0.2, -0.15) is 0 Å².